The van der Waals surface area contributed by atoms with Crippen LogP contribution in [0, 0.1) is 5.92 Å². The molecule has 1 aromatic carbocycles. The van der Waals surface area contributed by atoms with Crippen LogP contribution in [-0.4, -0.2) is 20.8 Å². The Balaban J connectivity index is 2.77. The highest BCUT2D eigenvalue weighted by Gasteiger charge is 2.10. The van der Waals surface area contributed by atoms with Gasteiger partial charge in [0.2, 0.25) is 0 Å². The van der Waals surface area contributed by atoms with Crippen LogP contribution in [0.2, 0.25) is 0 Å². The van der Waals surface area contributed by atoms with Crippen LogP contribution in [0.25, 0.3) is 0 Å². The highest BCUT2D eigenvalue weighted by atomic mass is 16.5. The molecule has 1 N–H and O–H groups in total. The fourth-order valence-corrected chi connectivity index (χ4v) is 1.61. The van der Waals surface area contributed by atoms with Crippen LogP contribution < -0.4 is 14.8 Å². The molecule has 0 fully saturated rings. The zero-order valence-corrected chi connectivity index (χ0v) is 11.2. The molecule has 0 spiro atoms. The molecule has 0 heterocycles. The Hall–Kier alpha value is -1.22. The van der Waals surface area contributed by atoms with E-state index >= 15 is 0 Å². The Morgan fingerprint density at radius 3 is 2.65 bits per heavy atom. The van der Waals surface area contributed by atoms with Gasteiger partial charge in [-0.1, -0.05) is 26.0 Å². The lowest BCUT2D eigenvalue weighted by Crippen LogP contribution is -2.09. The van der Waals surface area contributed by atoms with E-state index in [-0.39, 0.29) is 0 Å². The number of rotatable bonds is 7. The van der Waals surface area contributed by atoms with Gasteiger partial charge in [-0.15, -0.1) is 0 Å². The van der Waals surface area contributed by atoms with E-state index in [1.54, 1.807) is 7.11 Å². The first kappa shape index (κ1) is 13.8. The third kappa shape index (κ3) is 4.27. The first-order chi connectivity index (χ1) is 8.19. The summed E-state index contributed by atoms with van der Waals surface area (Å²) in [5.41, 5.74) is 1.13. The third-order valence-corrected chi connectivity index (χ3v) is 2.59. The Morgan fingerprint density at radius 2 is 2.06 bits per heavy atom. The minimum Gasteiger partial charge on any atom is -0.493 e. The molecular weight excluding hydrogens is 214 g/mol. The zero-order valence-electron chi connectivity index (χ0n) is 11.2. The van der Waals surface area contributed by atoms with Gasteiger partial charge in [-0.3, -0.25) is 0 Å². The molecule has 0 aliphatic heterocycles. The van der Waals surface area contributed by atoms with E-state index in [0.717, 1.165) is 36.6 Å². The Labute approximate surface area is 104 Å². The molecule has 0 aliphatic rings. The lowest BCUT2D eigenvalue weighted by atomic mass is 10.1. The molecule has 0 atom stereocenters. The molecule has 0 unspecified atom stereocenters. The molecular formula is C14H23NO2. The van der Waals surface area contributed by atoms with Gasteiger partial charge in [-0.2, -0.15) is 0 Å². The van der Waals surface area contributed by atoms with Crippen LogP contribution in [0.5, 0.6) is 11.5 Å². The molecule has 1 rings (SSSR count). The van der Waals surface area contributed by atoms with Gasteiger partial charge in [0, 0.05) is 12.1 Å². The van der Waals surface area contributed by atoms with Crippen molar-refractivity contribution >= 4 is 0 Å². The van der Waals surface area contributed by atoms with Crippen molar-refractivity contribution in [1.29, 1.82) is 0 Å². The molecule has 0 saturated carbocycles. The average molecular weight is 237 g/mol. The predicted octanol–water partition coefficient (Wildman–Crippen LogP) is 2.84. The SMILES string of the molecule is CNCc1cccc(OC)c1OCCC(C)C. The number of hydrogen-bond donors (Lipinski definition) is 1. The van der Waals surface area contributed by atoms with E-state index in [2.05, 4.69) is 25.2 Å². The van der Waals surface area contributed by atoms with Crippen molar-refractivity contribution in [2.45, 2.75) is 26.8 Å². The van der Waals surface area contributed by atoms with E-state index in [0.29, 0.717) is 5.92 Å². The highest BCUT2D eigenvalue weighted by Crippen LogP contribution is 2.31. The number of methoxy groups -OCH3 is 1. The first-order valence-electron chi connectivity index (χ1n) is 6.12. The second kappa shape index (κ2) is 7.17. The normalized spacial score (nSPS) is 10.6. The van der Waals surface area contributed by atoms with Gasteiger partial charge in [0.15, 0.2) is 11.5 Å². The lowest BCUT2D eigenvalue weighted by molar-refractivity contribution is 0.270. The quantitative estimate of drug-likeness (QED) is 0.791. The van der Waals surface area contributed by atoms with Crippen molar-refractivity contribution in [3.05, 3.63) is 23.8 Å². The van der Waals surface area contributed by atoms with Crippen LogP contribution in [0.4, 0.5) is 0 Å². The van der Waals surface area contributed by atoms with Crippen molar-refractivity contribution < 1.29 is 9.47 Å². The fourth-order valence-electron chi connectivity index (χ4n) is 1.61. The van der Waals surface area contributed by atoms with Gasteiger partial charge in [0.1, 0.15) is 0 Å². The van der Waals surface area contributed by atoms with Crippen LogP contribution in [0.3, 0.4) is 0 Å². The molecule has 0 aliphatic carbocycles. The van der Waals surface area contributed by atoms with Crippen LogP contribution in [0.15, 0.2) is 18.2 Å². The van der Waals surface area contributed by atoms with E-state index in [1.807, 2.05) is 19.2 Å². The molecule has 0 amide bonds. The van der Waals surface area contributed by atoms with Crippen LogP contribution >= 0.6 is 0 Å². The molecule has 3 nitrogen and oxygen atoms in total. The van der Waals surface area contributed by atoms with Gasteiger partial charge in [-0.25, -0.2) is 0 Å². The van der Waals surface area contributed by atoms with Crippen LogP contribution in [-0.2, 0) is 6.54 Å². The maximum absolute atomic E-state index is 5.86. The van der Waals surface area contributed by atoms with Crippen molar-refractivity contribution in [3.63, 3.8) is 0 Å². The largest absolute Gasteiger partial charge is 0.493 e. The Bertz CT molecular complexity index is 337. The number of nitrogens with one attached hydrogen (secondary N) is 1. The van der Waals surface area contributed by atoms with Crippen molar-refractivity contribution in [2.24, 2.45) is 5.92 Å². The Kier molecular flexibility index (Phi) is 5.84. The standard InChI is InChI=1S/C14H23NO2/c1-11(2)8-9-17-14-12(10-15-3)6-5-7-13(14)16-4/h5-7,11,15H,8-10H2,1-4H3. The summed E-state index contributed by atoms with van der Waals surface area (Å²) in [6.45, 7) is 5.91. The summed E-state index contributed by atoms with van der Waals surface area (Å²) in [4.78, 5) is 0. The fraction of sp³-hybridized carbons (Fsp3) is 0.571. The molecule has 0 bridgehead atoms. The van der Waals surface area contributed by atoms with Crippen molar-refractivity contribution in [3.8, 4) is 11.5 Å². The van der Waals surface area contributed by atoms with Crippen molar-refractivity contribution in [1.82, 2.24) is 5.32 Å². The van der Waals surface area contributed by atoms with Gasteiger partial charge >= 0.3 is 0 Å². The van der Waals surface area contributed by atoms with Gasteiger partial charge in [-0.05, 0) is 25.5 Å². The molecule has 3 heteroatoms. The molecule has 1 aromatic rings. The zero-order chi connectivity index (χ0) is 12.7. The summed E-state index contributed by atoms with van der Waals surface area (Å²) >= 11 is 0. The average Bonchev–Trinajstić information content (AvgIpc) is 2.30. The second-order valence-electron chi connectivity index (χ2n) is 4.51. The lowest BCUT2D eigenvalue weighted by Gasteiger charge is -2.15. The number of benzene rings is 1. The minimum atomic E-state index is 0.650. The summed E-state index contributed by atoms with van der Waals surface area (Å²) in [5.74, 6) is 2.32. The molecule has 0 radical (unpaired) electrons. The maximum atomic E-state index is 5.86. The summed E-state index contributed by atoms with van der Waals surface area (Å²) in [7, 11) is 3.60. The molecule has 0 aromatic heterocycles. The molecule has 96 valence electrons. The van der Waals surface area contributed by atoms with Crippen molar-refractivity contribution in [2.75, 3.05) is 20.8 Å². The summed E-state index contributed by atoms with van der Waals surface area (Å²) in [6, 6.07) is 5.98. The number of para-hydroxylation sites is 1. The van der Waals surface area contributed by atoms with E-state index in [1.165, 1.54) is 0 Å². The van der Waals surface area contributed by atoms with E-state index in [4.69, 9.17) is 9.47 Å². The number of hydrogen-bond acceptors (Lipinski definition) is 3. The topological polar surface area (TPSA) is 30.5 Å². The van der Waals surface area contributed by atoms with Gasteiger partial charge < -0.3 is 14.8 Å². The van der Waals surface area contributed by atoms with E-state index < -0.39 is 0 Å². The molecule has 0 saturated heterocycles. The second-order valence-corrected chi connectivity index (χ2v) is 4.51. The molecule has 17 heavy (non-hydrogen) atoms. The first-order valence-corrected chi connectivity index (χ1v) is 6.12. The Morgan fingerprint density at radius 1 is 1.29 bits per heavy atom. The maximum Gasteiger partial charge on any atom is 0.165 e. The summed E-state index contributed by atoms with van der Waals surface area (Å²) in [6.07, 6.45) is 1.05. The summed E-state index contributed by atoms with van der Waals surface area (Å²) < 4.78 is 11.2. The number of ether oxygens (including phenoxy) is 2. The smallest absolute Gasteiger partial charge is 0.165 e. The monoisotopic (exact) mass is 237 g/mol. The van der Waals surface area contributed by atoms with Gasteiger partial charge in [0.05, 0.1) is 13.7 Å². The minimum absolute atomic E-state index is 0.650. The van der Waals surface area contributed by atoms with E-state index in [9.17, 15) is 0 Å². The summed E-state index contributed by atoms with van der Waals surface area (Å²) in [5, 5.41) is 3.14. The van der Waals surface area contributed by atoms with Gasteiger partial charge in [0.25, 0.3) is 0 Å². The van der Waals surface area contributed by atoms with Crippen LogP contribution in [0.1, 0.15) is 25.8 Å². The predicted molar refractivity (Wildman–Crippen MR) is 70.7 cm³/mol. The highest BCUT2D eigenvalue weighted by molar-refractivity contribution is 5.46. The third-order valence-electron chi connectivity index (χ3n) is 2.59.